The smallest absolute Gasteiger partial charge is 0.327 e. The average Bonchev–Trinajstić information content (AvgIpc) is 2.68. The van der Waals surface area contributed by atoms with E-state index in [1.165, 1.54) is 12.8 Å². The average molecular weight is 261 g/mol. The first-order valence-corrected chi connectivity index (χ1v) is 6.58. The van der Waals surface area contributed by atoms with Crippen molar-refractivity contribution in [1.82, 2.24) is 15.2 Å². The zero-order chi connectivity index (χ0) is 13.5. The van der Waals surface area contributed by atoms with Gasteiger partial charge in [-0.3, -0.25) is 16.0 Å². The topological polar surface area (TPSA) is 81.1 Å². The number of pyridine rings is 1. The number of aromatic nitrogens is 1. The van der Waals surface area contributed by atoms with Crippen LogP contribution in [-0.2, 0) is 0 Å². The molecule has 2 amide bonds. The monoisotopic (exact) mass is 261 g/mol. The molecule has 6 nitrogen and oxygen atoms in total. The van der Waals surface area contributed by atoms with E-state index in [-0.39, 0.29) is 5.96 Å². The molecule has 1 aliphatic heterocycles. The molecule has 1 saturated heterocycles. The molecule has 2 heterocycles. The van der Waals surface area contributed by atoms with Crippen molar-refractivity contribution in [3.63, 3.8) is 0 Å². The highest BCUT2D eigenvalue weighted by Gasteiger charge is 2.14. The Hall–Kier alpha value is -2.11. The first-order valence-electron chi connectivity index (χ1n) is 6.58. The number of rotatable bonds is 1. The quantitative estimate of drug-likeness (QED) is 0.534. The number of carbonyl (C=O) groups is 1. The van der Waals surface area contributed by atoms with Crippen LogP contribution in [0.1, 0.15) is 25.7 Å². The Morgan fingerprint density at radius 2 is 1.95 bits per heavy atom. The maximum Gasteiger partial charge on any atom is 0.327 e. The Labute approximate surface area is 112 Å². The van der Waals surface area contributed by atoms with Crippen LogP contribution >= 0.6 is 0 Å². The second kappa shape index (κ2) is 6.72. The minimum atomic E-state index is -0.423. The highest BCUT2D eigenvalue weighted by atomic mass is 16.2. The molecule has 0 saturated carbocycles. The summed E-state index contributed by atoms with van der Waals surface area (Å²) >= 11 is 0. The van der Waals surface area contributed by atoms with E-state index in [2.05, 4.69) is 15.6 Å². The molecule has 0 aromatic carbocycles. The summed E-state index contributed by atoms with van der Waals surface area (Å²) in [7, 11) is 0. The van der Waals surface area contributed by atoms with Gasteiger partial charge in [0, 0.05) is 19.3 Å². The third kappa shape index (κ3) is 4.24. The van der Waals surface area contributed by atoms with Crippen LogP contribution in [-0.4, -0.2) is 35.0 Å². The van der Waals surface area contributed by atoms with Gasteiger partial charge in [-0.2, -0.15) is 0 Å². The Kier molecular flexibility index (Phi) is 4.72. The van der Waals surface area contributed by atoms with Crippen LogP contribution in [0.3, 0.4) is 0 Å². The minimum Gasteiger partial charge on any atom is -0.343 e. The minimum absolute atomic E-state index is 0.162. The number of hydrogen-bond acceptors (Lipinski definition) is 3. The predicted molar refractivity (Wildman–Crippen MR) is 74.2 cm³/mol. The number of amides is 2. The Balaban J connectivity index is 1.82. The van der Waals surface area contributed by atoms with E-state index in [0.29, 0.717) is 5.82 Å². The van der Waals surface area contributed by atoms with Crippen molar-refractivity contribution in [2.75, 3.05) is 18.4 Å². The van der Waals surface area contributed by atoms with Crippen molar-refractivity contribution in [2.24, 2.45) is 0 Å². The van der Waals surface area contributed by atoms with Gasteiger partial charge >= 0.3 is 6.03 Å². The number of anilines is 1. The summed E-state index contributed by atoms with van der Waals surface area (Å²) in [6.07, 6.45) is 6.15. The van der Waals surface area contributed by atoms with Crippen LogP contribution in [0.25, 0.3) is 0 Å². The van der Waals surface area contributed by atoms with E-state index >= 15 is 0 Å². The fourth-order valence-corrected chi connectivity index (χ4v) is 2.07. The molecular weight excluding hydrogens is 242 g/mol. The van der Waals surface area contributed by atoms with Crippen LogP contribution in [0.15, 0.2) is 24.4 Å². The van der Waals surface area contributed by atoms with E-state index in [4.69, 9.17) is 5.41 Å². The Morgan fingerprint density at radius 3 is 2.58 bits per heavy atom. The van der Waals surface area contributed by atoms with Crippen molar-refractivity contribution in [3.05, 3.63) is 24.4 Å². The first-order chi connectivity index (χ1) is 9.25. The molecule has 0 radical (unpaired) electrons. The zero-order valence-corrected chi connectivity index (χ0v) is 10.9. The highest BCUT2D eigenvalue weighted by Crippen LogP contribution is 2.09. The van der Waals surface area contributed by atoms with Crippen LogP contribution < -0.4 is 10.6 Å². The summed E-state index contributed by atoms with van der Waals surface area (Å²) in [5.74, 6) is 0.638. The number of likely N-dealkylation sites (tertiary alicyclic amines) is 1. The lowest BCUT2D eigenvalue weighted by molar-refractivity contribution is 0.254. The lowest BCUT2D eigenvalue weighted by Gasteiger charge is -2.22. The van der Waals surface area contributed by atoms with Crippen LogP contribution in [0.2, 0.25) is 0 Å². The fourth-order valence-electron chi connectivity index (χ4n) is 2.07. The molecule has 19 heavy (non-hydrogen) atoms. The molecule has 102 valence electrons. The van der Waals surface area contributed by atoms with Crippen molar-refractivity contribution in [3.8, 4) is 0 Å². The van der Waals surface area contributed by atoms with Crippen molar-refractivity contribution in [1.29, 1.82) is 5.41 Å². The number of guanidine groups is 1. The van der Waals surface area contributed by atoms with Gasteiger partial charge in [0.25, 0.3) is 0 Å². The highest BCUT2D eigenvalue weighted by molar-refractivity contribution is 6.00. The molecule has 1 aromatic rings. The van der Waals surface area contributed by atoms with Gasteiger partial charge in [-0.15, -0.1) is 0 Å². The van der Waals surface area contributed by atoms with Crippen molar-refractivity contribution < 1.29 is 4.79 Å². The maximum atomic E-state index is 11.7. The molecule has 0 bridgehead atoms. The largest absolute Gasteiger partial charge is 0.343 e. The maximum absolute atomic E-state index is 11.7. The number of hydrogen-bond donors (Lipinski definition) is 3. The van der Waals surface area contributed by atoms with Crippen molar-refractivity contribution >= 4 is 17.8 Å². The normalized spacial score (nSPS) is 15.5. The summed E-state index contributed by atoms with van der Waals surface area (Å²) in [5.41, 5.74) is 0. The number of carbonyl (C=O) groups excluding carboxylic acids is 1. The second-order valence-corrected chi connectivity index (χ2v) is 4.54. The zero-order valence-electron chi connectivity index (χ0n) is 10.9. The lowest BCUT2D eigenvalue weighted by atomic mass is 10.2. The van der Waals surface area contributed by atoms with Gasteiger partial charge in [-0.05, 0) is 25.0 Å². The molecule has 3 N–H and O–H groups in total. The van der Waals surface area contributed by atoms with Gasteiger partial charge in [0.05, 0.1) is 0 Å². The fraction of sp³-hybridized carbons (Fsp3) is 0.462. The summed E-state index contributed by atoms with van der Waals surface area (Å²) in [5, 5.41) is 13.1. The van der Waals surface area contributed by atoms with Gasteiger partial charge in [-0.1, -0.05) is 18.9 Å². The molecule has 0 unspecified atom stereocenters. The van der Waals surface area contributed by atoms with Gasteiger partial charge in [-0.25, -0.2) is 9.78 Å². The van der Waals surface area contributed by atoms with Gasteiger partial charge < -0.3 is 4.90 Å². The number of nitrogens with one attached hydrogen (secondary N) is 3. The van der Waals surface area contributed by atoms with Gasteiger partial charge in [0.1, 0.15) is 5.82 Å². The lowest BCUT2D eigenvalue weighted by Crippen LogP contribution is -2.45. The van der Waals surface area contributed by atoms with Gasteiger partial charge in [0.2, 0.25) is 0 Å². The van der Waals surface area contributed by atoms with Crippen molar-refractivity contribution in [2.45, 2.75) is 25.7 Å². The standard InChI is InChI=1S/C13H19N5O/c14-12(18-9-5-1-2-6-10-18)17-13(19)16-11-7-3-4-8-15-11/h3-4,7-8H,1-2,5-6,9-10H2,(H3,14,15,16,17,19). The molecule has 6 heteroatoms. The summed E-state index contributed by atoms with van der Waals surface area (Å²) in [4.78, 5) is 17.6. The Morgan fingerprint density at radius 1 is 1.21 bits per heavy atom. The van der Waals surface area contributed by atoms with Crippen LogP contribution in [0.4, 0.5) is 10.6 Å². The SMILES string of the molecule is N=C(NC(=O)Nc1ccccn1)N1CCCCCC1. The van der Waals surface area contributed by atoms with E-state index in [1.54, 1.807) is 24.4 Å². The molecule has 1 aliphatic rings. The van der Waals surface area contributed by atoms with E-state index in [1.807, 2.05) is 4.90 Å². The molecule has 1 fully saturated rings. The summed E-state index contributed by atoms with van der Waals surface area (Å²) < 4.78 is 0. The summed E-state index contributed by atoms with van der Waals surface area (Å²) in [6, 6.07) is 4.85. The second-order valence-electron chi connectivity index (χ2n) is 4.54. The third-order valence-electron chi connectivity index (χ3n) is 3.06. The third-order valence-corrected chi connectivity index (χ3v) is 3.06. The van der Waals surface area contributed by atoms with E-state index < -0.39 is 6.03 Å². The van der Waals surface area contributed by atoms with E-state index in [9.17, 15) is 4.79 Å². The van der Waals surface area contributed by atoms with E-state index in [0.717, 1.165) is 25.9 Å². The molecule has 0 spiro atoms. The molecule has 0 atom stereocenters. The van der Waals surface area contributed by atoms with Gasteiger partial charge in [0.15, 0.2) is 5.96 Å². The van der Waals surface area contributed by atoms with Crippen LogP contribution in [0, 0.1) is 5.41 Å². The number of urea groups is 1. The predicted octanol–water partition coefficient (Wildman–Crippen LogP) is 2.01. The molecular formula is C13H19N5O. The molecule has 1 aromatic heterocycles. The van der Waals surface area contributed by atoms with Crippen LogP contribution in [0.5, 0.6) is 0 Å². The first kappa shape index (κ1) is 13.3. The number of nitrogens with zero attached hydrogens (tertiary/aromatic N) is 2. The molecule has 2 rings (SSSR count). The summed E-state index contributed by atoms with van der Waals surface area (Å²) in [6.45, 7) is 1.67. The molecule has 0 aliphatic carbocycles. The Bertz CT molecular complexity index is 426.